The van der Waals surface area contributed by atoms with E-state index < -0.39 is 11.9 Å². The van der Waals surface area contributed by atoms with Gasteiger partial charge in [0.1, 0.15) is 0 Å². The van der Waals surface area contributed by atoms with E-state index >= 15 is 0 Å². The number of carbonyl (C=O) groups is 2. The Morgan fingerprint density at radius 3 is 2.63 bits per heavy atom. The van der Waals surface area contributed by atoms with E-state index in [9.17, 15) is 14.7 Å². The summed E-state index contributed by atoms with van der Waals surface area (Å²) in [6.45, 7) is 3.98. The van der Waals surface area contributed by atoms with Gasteiger partial charge in [-0.2, -0.15) is 0 Å². The lowest BCUT2D eigenvalue weighted by atomic mass is 9.93. The van der Waals surface area contributed by atoms with Crippen molar-refractivity contribution in [3.8, 4) is 0 Å². The maximum Gasteiger partial charge on any atom is 0.307 e. The number of carboxylic acid groups (broad SMARTS) is 1. The number of ether oxygens (including phenoxy) is 1. The summed E-state index contributed by atoms with van der Waals surface area (Å²) in [6, 6.07) is 0. The first-order valence-corrected chi connectivity index (χ1v) is 7.26. The summed E-state index contributed by atoms with van der Waals surface area (Å²) in [5.41, 5.74) is 0. The molecule has 0 spiro atoms. The first-order chi connectivity index (χ1) is 9.13. The van der Waals surface area contributed by atoms with E-state index in [1.165, 1.54) is 0 Å². The quantitative estimate of drug-likeness (QED) is 0.840. The maximum absolute atomic E-state index is 12.5. The van der Waals surface area contributed by atoms with Crippen LogP contribution in [0.1, 0.15) is 39.0 Å². The molecule has 1 aliphatic carbocycles. The van der Waals surface area contributed by atoms with Gasteiger partial charge in [-0.15, -0.1) is 0 Å². The Bertz CT molecular complexity index is 342. The molecule has 1 unspecified atom stereocenters. The molecule has 2 fully saturated rings. The minimum atomic E-state index is -0.825. The highest BCUT2D eigenvalue weighted by atomic mass is 16.5. The molecule has 0 aromatic rings. The van der Waals surface area contributed by atoms with E-state index in [0.29, 0.717) is 26.0 Å². The fraction of sp³-hybridized carbons (Fsp3) is 0.857. The van der Waals surface area contributed by atoms with Crippen LogP contribution < -0.4 is 0 Å². The molecule has 2 rings (SSSR count). The van der Waals surface area contributed by atoms with Gasteiger partial charge in [0.2, 0.25) is 5.91 Å². The standard InChI is InChI=1S/C14H23NO4/c1-2-19-10-5-4-8-15(9-10)13(16)11-6-3-7-12(11)14(17)18/h10-12H,2-9H2,1H3,(H,17,18)/t10?,11-,12+/m1/s1. The first kappa shape index (κ1) is 14.3. The van der Waals surface area contributed by atoms with Gasteiger partial charge in [-0.3, -0.25) is 9.59 Å². The molecule has 1 saturated carbocycles. The van der Waals surface area contributed by atoms with Gasteiger partial charge in [-0.25, -0.2) is 0 Å². The smallest absolute Gasteiger partial charge is 0.307 e. The Kier molecular flexibility index (Phi) is 4.80. The molecule has 1 N–H and O–H groups in total. The van der Waals surface area contributed by atoms with Gasteiger partial charge in [0.25, 0.3) is 0 Å². The number of carboxylic acids is 1. The number of piperidine rings is 1. The van der Waals surface area contributed by atoms with Gasteiger partial charge < -0.3 is 14.7 Å². The van der Waals surface area contributed by atoms with Gasteiger partial charge in [0, 0.05) is 19.7 Å². The zero-order valence-corrected chi connectivity index (χ0v) is 11.5. The predicted octanol–water partition coefficient (Wildman–Crippen LogP) is 1.51. The van der Waals surface area contributed by atoms with E-state index in [1.807, 2.05) is 11.8 Å². The average Bonchev–Trinajstić information content (AvgIpc) is 2.88. The van der Waals surface area contributed by atoms with Crippen molar-refractivity contribution in [2.45, 2.75) is 45.1 Å². The molecule has 19 heavy (non-hydrogen) atoms. The molecule has 5 heteroatoms. The third kappa shape index (κ3) is 3.26. The summed E-state index contributed by atoms with van der Waals surface area (Å²) < 4.78 is 5.59. The van der Waals surface area contributed by atoms with Crippen molar-refractivity contribution in [1.29, 1.82) is 0 Å². The van der Waals surface area contributed by atoms with Crippen LogP contribution in [-0.2, 0) is 14.3 Å². The van der Waals surface area contributed by atoms with Crippen LogP contribution >= 0.6 is 0 Å². The molecule has 2 aliphatic rings. The van der Waals surface area contributed by atoms with Crippen LogP contribution in [0.2, 0.25) is 0 Å². The van der Waals surface area contributed by atoms with Crippen molar-refractivity contribution in [2.24, 2.45) is 11.8 Å². The molecule has 108 valence electrons. The van der Waals surface area contributed by atoms with Crippen LogP contribution in [-0.4, -0.2) is 47.7 Å². The van der Waals surface area contributed by atoms with Crippen molar-refractivity contribution >= 4 is 11.9 Å². The number of hydrogen-bond acceptors (Lipinski definition) is 3. The van der Waals surface area contributed by atoms with E-state index in [4.69, 9.17) is 4.74 Å². The van der Waals surface area contributed by atoms with Crippen molar-refractivity contribution in [3.05, 3.63) is 0 Å². The molecule has 3 atom stereocenters. The lowest BCUT2D eigenvalue weighted by Gasteiger charge is -2.34. The van der Waals surface area contributed by atoms with Crippen LogP contribution in [0.5, 0.6) is 0 Å². The fourth-order valence-electron chi connectivity index (χ4n) is 3.30. The van der Waals surface area contributed by atoms with E-state index in [2.05, 4.69) is 0 Å². The molecule has 1 saturated heterocycles. The highest BCUT2D eigenvalue weighted by Crippen LogP contribution is 2.34. The average molecular weight is 269 g/mol. The molecule has 1 aliphatic heterocycles. The SMILES string of the molecule is CCOC1CCCN(C(=O)[C@@H]2CCC[C@@H]2C(=O)O)C1. The van der Waals surface area contributed by atoms with Gasteiger partial charge in [-0.1, -0.05) is 6.42 Å². The van der Waals surface area contributed by atoms with Crippen molar-refractivity contribution < 1.29 is 19.4 Å². The molecule has 5 nitrogen and oxygen atoms in total. The van der Waals surface area contributed by atoms with Gasteiger partial charge in [0.05, 0.1) is 17.9 Å². The predicted molar refractivity (Wildman–Crippen MR) is 69.7 cm³/mol. The lowest BCUT2D eigenvalue weighted by Crippen LogP contribution is -2.47. The lowest BCUT2D eigenvalue weighted by molar-refractivity contribution is -0.150. The molecule has 0 aromatic carbocycles. The second-order valence-electron chi connectivity index (χ2n) is 5.49. The number of rotatable bonds is 4. The zero-order valence-electron chi connectivity index (χ0n) is 11.5. The summed E-state index contributed by atoms with van der Waals surface area (Å²) in [6.07, 6.45) is 4.24. The topological polar surface area (TPSA) is 66.8 Å². The van der Waals surface area contributed by atoms with Crippen LogP contribution in [0.3, 0.4) is 0 Å². The number of hydrogen-bond donors (Lipinski definition) is 1. The van der Waals surface area contributed by atoms with Crippen LogP contribution in [0.15, 0.2) is 0 Å². The largest absolute Gasteiger partial charge is 0.481 e. The summed E-state index contributed by atoms with van der Waals surface area (Å²) in [4.78, 5) is 25.5. The van der Waals surface area contributed by atoms with Crippen molar-refractivity contribution in [2.75, 3.05) is 19.7 Å². The van der Waals surface area contributed by atoms with Crippen LogP contribution in [0, 0.1) is 11.8 Å². The summed E-state index contributed by atoms with van der Waals surface area (Å²) in [7, 11) is 0. The Hall–Kier alpha value is -1.10. The zero-order chi connectivity index (χ0) is 13.8. The number of amides is 1. The first-order valence-electron chi connectivity index (χ1n) is 7.26. The minimum absolute atomic E-state index is 0.0225. The Morgan fingerprint density at radius 1 is 1.21 bits per heavy atom. The number of aliphatic carboxylic acids is 1. The fourth-order valence-corrected chi connectivity index (χ4v) is 3.30. The number of likely N-dealkylation sites (tertiary alicyclic amines) is 1. The second-order valence-corrected chi connectivity index (χ2v) is 5.49. The molecule has 1 amide bonds. The Labute approximate surface area is 113 Å². The molecular formula is C14H23NO4. The number of nitrogens with zero attached hydrogens (tertiary/aromatic N) is 1. The molecule has 0 radical (unpaired) electrons. The highest BCUT2D eigenvalue weighted by molar-refractivity contribution is 5.85. The van der Waals surface area contributed by atoms with Gasteiger partial charge in [0.15, 0.2) is 0 Å². The van der Waals surface area contributed by atoms with E-state index in [0.717, 1.165) is 25.8 Å². The van der Waals surface area contributed by atoms with Crippen molar-refractivity contribution in [1.82, 2.24) is 4.90 Å². The second kappa shape index (κ2) is 6.37. The summed E-state index contributed by atoms with van der Waals surface area (Å²) in [5, 5.41) is 9.17. The van der Waals surface area contributed by atoms with Crippen molar-refractivity contribution in [3.63, 3.8) is 0 Å². The Balaban J connectivity index is 1.96. The van der Waals surface area contributed by atoms with Crippen LogP contribution in [0.4, 0.5) is 0 Å². The molecule has 1 heterocycles. The summed E-state index contributed by atoms with van der Waals surface area (Å²) in [5.74, 6) is -1.61. The van der Waals surface area contributed by atoms with Gasteiger partial charge >= 0.3 is 5.97 Å². The summed E-state index contributed by atoms with van der Waals surface area (Å²) >= 11 is 0. The molecule has 0 bridgehead atoms. The third-order valence-electron chi connectivity index (χ3n) is 4.24. The highest BCUT2D eigenvalue weighted by Gasteiger charge is 2.40. The molecule has 0 aromatic heterocycles. The number of carbonyl (C=O) groups excluding carboxylic acids is 1. The van der Waals surface area contributed by atoms with E-state index in [-0.39, 0.29) is 17.9 Å². The Morgan fingerprint density at radius 2 is 1.95 bits per heavy atom. The third-order valence-corrected chi connectivity index (χ3v) is 4.24. The van der Waals surface area contributed by atoms with Gasteiger partial charge in [-0.05, 0) is 32.6 Å². The maximum atomic E-state index is 12.5. The monoisotopic (exact) mass is 269 g/mol. The van der Waals surface area contributed by atoms with Crippen LogP contribution in [0.25, 0.3) is 0 Å². The normalized spacial score (nSPS) is 31.4. The molecular weight excluding hydrogens is 246 g/mol. The van der Waals surface area contributed by atoms with E-state index in [1.54, 1.807) is 0 Å². The minimum Gasteiger partial charge on any atom is -0.481 e.